The Morgan fingerprint density at radius 1 is 1.38 bits per heavy atom. The molecule has 1 aromatic heterocycles. The highest BCUT2D eigenvalue weighted by Gasteiger charge is 2.19. The second-order valence-electron chi connectivity index (χ2n) is 3.23. The van der Waals surface area contributed by atoms with Gasteiger partial charge in [-0.1, -0.05) is 30.3 Å². The molecule has 2 aromatic rings. The van der Waals surface area contributed by atoms with Gasteiger partial charge in [-0.25, -0.2) is 13.4 Å². The van der Waals surface area contributed by atoms with Crippen LogP contribution in [0.4, 0.5) is 0 Å². The SMILES string of the molecule is [2H]C([2H])([2H])c1ncc(S(=O)(=O)Cc2ccccc2)o1. The minimum Gasteiger partial charge on any atom is -0.430 e. The van der Waals surface area contributed by atoms with E-state index in [0.717, 1.165) is 6.20 Å². The lowest BCUT2D eigenvalue weighted by molar-refractivity contribution is 0.423. The Labute approximate surface area is 98.1 Å². The maximum Gasteiger partial charge on any atom is 0.238 e. The van der Waals surface area contributed by atoms with Crippen LogP contribution in [0.25, 0.3) is 0 Å². The van der Waals surface area contributed by atoms with Crippen LogP contribution in [0.1, 0.15) is 15.6 Å². The van der Waals surface area contributed by atoms with Crippen LogP contribution in [-0.4, -0.2) is 13.4 Å². The van der Waals surface area contributed by atoms with Crippen LogP contribution in [0.15, 0.2) is 46.0 Å². The number of aryl methyl sites for hydroxylation is 1. The standard InChI is InChI=1S/C11H11NO3S/c1-9-12-7-11(15-9)16(13,14)8-10-5-3-2-4-6-10/h2-7H,8H2,1H3/i1D3. The summed E-state index contributed by atoms with van der Waals surface area (Å²) < 4.78 is 50.2. The molecule has 1 heterocycles. The van der Waals surface area contributed by atoms with Crippen molar-refractivity contribution in [1.29, 1.82) is 0 Å². The first-order valence-electron chi connectivity index (χ1n) is 6.02. The fraction of sp³-hybridized carbons (Fsp3) is 0.182. The average molecular weight is 240 g/mol. The Bertz CT molecular complexity index is 662. The zero-order chi connectivity index (χ0) is 14.1. The van der Waals surface area contributed by atoms with Crippen LogP contribution in [0.2, 0.25) is 0 Å². The predicted octanol–water partition coefficient (Wildman–Crippen LogP) is 1.96. The molecule has 0 saturated carbocycles. The maximum atomic E-state index is 12.0. The summed E-state index contributed by atoms with van der Waals surface area (Å²) in [5, 5.41) is -0.428. The Hall–Kier alpha value is -1.62. The molecule has 0 atom stereocenters. The Morgan fingerprint density at radius 2 is 2.12 bits per heavy atom. The van der Waals surface area contributed by atoms with Gasteiger partial charge in [0.2, 0.25) is 14.9 Å². The van der Waals surface area contributed by atoms with Gasteiger partial charge in [-0.05, 0) is 5.56 Å². The summed E-state index contributed by atoms with van der Waals surface area (Å²) in [4.78, 5) is 3.49. The van der Waals surface area contributed by atoms with Crippen molar-refractivity contribution >= 4 is 9.84 Å². The first kappa shape index (κ1) is 7.62. The first-order valence-corrected chi connectivity index (χ1v) is 6.17. The fourth-order valence-electron chi connectivity index (χ4n) is 1.27. The van der Waals surface area contributed by atoms with Gasteiger partial charge in [0.05, 0.1) is 11.9 Å². The summed E-state index contributed by atoms with van der Waals surface area (Å²) in [6, 6.07) is 8.55. The molecule has 0 spiro atoms. The lowest BCUT2D eigenvalue weighted by Crippen LogP contribution is -2.03. The van der Waals surface area contributed by atoms with E-state index in [1.165, 1.54) is 0 Å². The van der Waals surface area contributed by atoms with Gasteiger partial charge < -0.3 is 4.42 Å². The molecule has 1 aromatic carbocycles. The van der Waals surface area contributed by atoms with E-state index >= 15 is 0 Å². The molecule has 0 bridgehead atoms. The smallest absolute Gasteiger partial charge is 0.238 e. The van der Waals surface area contributed by atoms with Crippen molar-refractivity contribution in [2.24, 2.45) is 0 Å². The first-order chi connectivity index (χ1) is 8.79. The fourth-order valence-corrected chi connectivity index (χ4v) is 2.46. The van der Waals surface area contributed by atoms with Crippen LogP contribution >= 0.6 is 0 Å². The van der Waals surface area contributed by atoms with Gasteiger partial charge in [-0.3, -0.25) is 0 Å². The minimum absolute atomic E-state index is 0.260. The Kier molecular flexibility index (Phi) is 1.95. The lowest BCUT2D eigenvalue weighted by Gasteiger charge is -2.00. The molecule has 0 radical (unpaired) electrons. The number of nitrogens with zero attached hydrogens (tertiary/aromatic N) is 1. The van der Waals surface area contributed by atoms with E-state index in [1.807, 2.05) is 0 Å². The Morgan fingerprint density at radius 3 is 2.75 bits per heavy atom. The van der Waals surface area contributed by atoms with E-state index in [-0.39, 0.29) is 5.75 Å². The van der Waals surface area contributed by atoms with Crippen LogP contribution in [0.3, 0.4) is 0 Å². The molecule has 0 amide bonds. The molecular formula is C11H11NO3S. The summed E-state index contributed by atoms with van der Waals surface area (Å²) in [5.74, 6) is -0.831. The monoisotopic (exact) mass is 240 g/mol. The highest BCUT2D eigenvalue weighted by Crippen LogP contribution is 2.16. The second-order valence-corrected chi connectivity index (χ2v) is 5.15. The molecule has 84 valence electrons. The number of aromatic nitrogens is 1. The van der Waals surface area contributed by atoms with Gasteiger partial charge in [-0.15, -0.1) is 0 Å². The van der Waals surface area contributed by atoms with Crippen molar-refractivity contribution in [2.45, 2.75) is 17.7 Å². The molecule has 0 saturated heterocycles. The second kappa shape index (κ2) is 4.09. The minimum atomic E-state index is -3.73. The molecule has 16 heavy (non-hydrogen) atoms. The summed E-state index contributed by atoms with van der Waals surface area (Å²) in [6.07, 6.45) is 0.931. The van der Waals surface area contributed by atoms with Crippen molar-refractivity contribution in [3.63, 3.8) is 0 Å². The third-order valence-corrected chi connectivity index (χ3v) is 3.51. The Balaban J connectivity index is 2.28. The molecule has 2 rings (SSSR count). The molecular weight excluding hydrogens is 226 g/mol. The molecule has 0 N–H and O–H groups in total. The summed E-state index contributed by atoms with van der Waals surface area (Å²) >= 11 is 0. The van der Waals surface area contributed by atoms with Gasteiger partial charge in [-0.2, -0.15) is 0 Å². The number of benzene rings is 1. The van der Waals surface area contributed by atoms with E-state index < -0.39 is 27.7 Å². The van der Waals surface area contributed by atoms with Crippen molar-refractivity contribution in [3.05, 3.63) is 48.0 Å². The number of sulfone groups is 1. The quantitative estimate of drug-likeness (QED) is 0.822. The van der Waals surface area contributed by atoms with Crippen LogP contribution in [0, 0.1) is 6.85 Å². The lowest BCUT2D eigenvalue weighted by atomic mass is 10.2. The van der Waals surface area contributed by atoms with E-state index in [4.69, 9.17) is 8.53 Å². The molecule has 0 aliphatic carbocycles. The van der Waals surface area contributed by atoms with Crippen LogP contribution in [0.5, 0.6) is 0 Å². The van der Waals surface area contributed by atoms with Crippen molar-refractivity contribution in [3.8, 4) is 0 Å². The van der Waals surface area contributed by atoms with Crippen LogP contribution < -0.4 is 0 Å². The predicted molar refractivity (Wildman–Crippen MR) is 58.6 cm³/mol. The number of rotatable bonds is 3. The van der Waals surface area contributed by atoms with E-state index in [2.05, 4.69) is 4.98 Å². The molecule has 5 heteroatoms. The zero-order valence-electron chi connectivity index (χ0n) is 11.3. The highest BCUT2D eigenvalue weighted by molar-refractivity contribution is 7.90. The molecule has 0 unspecified atom stereocenters. The van der Waals surface area contributed by atoms with Crippen molar-refractivity contribution < 1.29 is 16.9 Å². The van der Waals surface area contributed by atoms with E-state index in [1.54, 1.807) is 30.3 Å². The van der Waals surface area contributed by atoms with Gasteiger partial charge in [0, 0.05) is 11.0 Å². The normalized spacial score (nSPS) is 15.1. The summed E-state index contributed by atoms with van der Waals surface area (Å²) in [7, 11) is -3.73. The van der Waals surface area contributed by atoms with Gasteiger partial charge in [0.15, 0.2) is 5.89 Å². The average Bonchev–Trinajstić information content (AvgIpc) is 2.79. The zero-order valence-corrected chi connectivity index (χ0v) is 9.07. The summed E-state index contributed by atoms with van der Waals surface area (Å²) in [5.41, 5.74) is 0.592. The number of oxazole rings is 1. The van der Waals surface area contributed by atoms with Crippen molar-refractivity contribution in [1.82, 2.24) is 4.98 Å². The van der Waals surface area contributed by atoms with Gasteiger partial charge >= 0.3 is 0 Å². The molecule has 0 aliphatic heterocycles. The number of hydrogen-bond acceptors (Lipinski definition) is 4. The third kappa shape index (κ3) is 2.30. The highest BCUT2D eigenvalue weighted by atomic mass is 32.2. The summed E-state index contributed by atoms with van der Waals surface area (Å²) in [6.45, 7) is -2.56. The van der Waals surface area contributed by atoms with Crippen molar-refractivity contribution in [2.75, 3.05) is 0 Å². The van der Waals surface area contributed by atoms with Gasteiger partial charge in [0.1, 0.15) is 0 Å². The van der Waals surface area contributed by atoms with Crippen LogP contribution in [-0.2, 0) is 15.6 Å². The van der Waals surface area contributed by atoms with E-state index in [9.17, 15) is 8.42 Å². The van der Waals surface area contributed by atoms with Gasteiger partial charge in [0.25, 0.3) is 0 Å². The topological polar surface area (TPSA) is 60.2 Å². The third-order valence-electron chi connectivity index (χ3n) is 1.99. The largest absolute Gasteiger partial charge is 0.430 e. The number of hydrogen-bond donors (Lipinski definition) is 0. The molecule has 4 nitrogen and oxygen atoms in total. The van der Waals surface area contributed by atoms with E-state index in [0.29, 0.717) is 5.56 Å². The molecule has 0 aliphatic rings. The molecule has 0 fully saturated rings. The maximum absolute atomic E-state index is 12.0.